The zero-order valence-corrected chi connectivity index (χ0v) is 14.2. The van der Waals surface area contributed by atoms with E-state index in [2.05, 4.69) is 17.2 Å². The fraction of sp³-hybridized carbons (Fsp3) is 0.294. The van der Waals surface area contributed by atoms with Gasteiger partial charge in [0.25, 0.3) is 5.91 Å². The number of rotatable bonds is 6. The molecule has 5 nitrogen and oxygen atoms in total. The number of aromatic nitrogens is 1. The third-order valence-corrected chi connectivity index (χ3v) is 3.67. The SMILES string of the molecule is C[C@@H](Nc1ccc(OCC(=O)N(C)C)c(Cl)c1)c1ccncc1. The molecule has 0 saturated heterocycles. The van der Waals surface area contributed by atoms with Gasteiger partial charge in [-0.3, -0.25) is 9.78 Å². The molecule has 122 valence electrons. The molecule has 2 rings (SSSR count). The van der Waals surface area contributed by atoms with Crippen molar-refractivity contribution in [1.82, 2.24) is 9.88 Å². The van der Waals surface area contributed by atoms with Crippen molar-refractivity contribution in [2.45, 2.75) is 13.0 Å². The molecule has 6 heteroatoms. The molecule has 1 amide bonds. The third kappa shape index (κ3) is 4.86. The number of benzene rings is 1. The number of hydrogen-bond donors (Lipinski definition) is 1. The molecule has 23 heavy (non-hydrogen) atoms. The Morgan fingerprint density at radius 1 is 1.30 bits per heavy atom. The van der Waals surface area contributed by atoms with Crippen molar-refractivity contribution in [1.29, 1.82) is 0 Å². The summed E-state index contributed by atoms with van der Waals surface area (Å²) in [6, 6.07) is 9.46. The van der Waals surface area contributed by atoms with Gasteiger partial charge in [-0.2, -0.15) is 0 Å². The van der Waals surface area contributed by atoms with Crippen molar-refractivity contribution in [3.8, 4) is 5.75 Å². The lowest BCUT2D eigenvalue weighted by Gasteiger charge is -2.17. The fourth-order valence-electron chi connectivity index (χ4n) is 1.96. The Hall–Kier alpha value is -2.27. The van der Waals surface area contributed by atoms with Gasteiger partial charge in [0.2, 0.25) is 0 Å². The molecule has 0 saturated carbocycles. The summed E-state index contributed by atoms with van der Waals surface area (Å²) in [5, 5.41) is 3.83. The Labute approximate surface area is 141 Å². The topological polar surface area (TPSA) is 54.5 Å². The van der Waals surface area contributed by atoms with E-state index in [1.165, 1.54) is 4.90 Å². The van der Waals surface area contributed by atoms with Crippen LogP contribution in [-0.2, 0) is 4.79 Å². The van der Waals surface area contributed by atoms with Crippen LogP contribution < -0.4 is 10.1 Å². The van der Waals surface area contributed by atoms with E-state index in [4.69, 9.17) is 16.3 Å². The molecule has 1 aromatic heterocycles. The first-order valence-corrected chi connectivity index (χ1v) is 7.64. The van der Waals surface area contributed by atoms with E-state index in [0.29, 0.717) is 10.8 Å². The first-order valence-electron chi connectivity index (χ1n) is 7.26. The smallest absolute Gasteiger partial charge is 0.259 e. The van der Waals surface area contributed by atoms with Crippen LogP contribution in [-0.4, -0.2) is 36.5 Å². The van der Waals surface area contributed by atoms with Crippen LogP contribution in [0.3, 0.4) is 0 Å². The van der Waals surface area contributed by atoms with Crippen LogP contribution in [0.25, 0.3) is 0 Å². The van der Waals surface area contributed by atoms with Gasteiger partial charge in [-0.1, -0.05) is 11.6 Å². The molecule has 0 radical (unpaired) electrons. The molecule has 0 fully saturated rings. The highest BCUT2D eigenvalue weighted by Gasteiger charge is 2.10. The highest BCUT2D eigenvalue weighted by Crippen LogP contribution is 2.29. The third-order valence-electron chi connectivity index (χ3n) is 3.37. The first kappa shape index (κ1) is 17.1. The summed E-state index contributed by atoms with van der Waals surface area (Å²) >= 11 is 6.22. The molecule has 1 atom stereocenters. The van der Waals surface area contributed by atoms with Crippen molar-refractivity contribution in [2.24, 2.45) is 0 Å². The van der Waals surface area contributed by atoms with Crippen LogP contribution >= 0.6 is 11.6 Å². The van der Waals surface area contributed by atoms with Crippen molar-refractivity contribution in [2.75, 3.05) is 26.0 Å². The minimum atomic E-state index is -0.116. The van der Waals surface area contributed by atoms with E-state index in [9.17, 15) is 4.79 Å². The zero-order valence-electron chi connectivity index (χ0n) is 13.4. The normalized spacial score (nSPS) is 11.7. The first-order chi connectivity index (χ1) is 11.0. The fourth-order valence-corrected chi connectivity index (χ4v) is 2.20. The van der Waals surface area contributed by atoms with Gasteiger partial charge in [-0.15, -0.1) is 0 Å². The van der Waals surface area contributed by atoms with E-state index >= 15 is 0 Å². The van der Waals surface area contributed by atoms with Gasteiger partial charge in [0.1, 0.15) is 5.75 Å². The second-order valence-electron chi connectivity index (χ2n) is 5.37. The van der Waals surface area contributed by atoms with Crippen LogP contribution in [0.1, 0.15) is 18.5 Å². The molecule has 0 aliphatic carbocycles. The number of anilines is 1. The Bertz CT molecular complexity index is 662. The Kier molecular flexibility index (Phi) is 5.82. The zero-order chi connectivity index (χ0) is 16.8. The second kappa shape index (κ2) is 7.83. The molecule has 1 N–H and O–H groups in total. The quantitative estimate of drug-likeness (QED) is 0.880. The van der Waals surface area contributed by atoms with E-state index in [0.717, 1.165) is 11.3 Å². The lowest BCUT2D eigenvalue weighted by Crippen LogP contribution is -2.27. The number of carbonyl (C=O) groups excluding carboxylic acids is 1. The van der Waals surface area contributed by atoms with Crippen LogP contribution in [0, 0.1) is 0 Å². The highest BCUT2D eigenvalue weighted by molar-refractivity contribution is 6.32. The summed E-state index contributed by atoms with van der Waals surface area (Å²) in [5.41, 5.74) is 2.01. The molecule has 0 aliphatic heterocycles. The van der Waals surface area contributed by atoms with Crippen LogP contribution in [0.4, 0.5) is 5.69 Å². The number of nitrogens with zero attached hydrogens (tertiary/aromatic N) is 2. The maximum atomic E-state index is 11.5. The Morgan fingerprint density at radius 3 is 2.61 bits per heavy atom. The second-order valence-corrected chi connectivity index (χ2v) is 5.78. The van der Waals surface area contributed by atoms with Gasteiger partial charge < -0.3 is 15.0 Å². The standard InChI is InChI=1S/C17H20ClN3O2/c1-12(13-6-8-19-9-7-13)20-14-4-5-16(15(18)10-14)23-11-17(22)21(2)3/h4-10,12,20H,11H2,1-3H3/t12-/m1/s1. The molecule has 1 aromatic carbocycles. The molecular weight excluding hydrogens is 314 g/mol. The number of ether oxygens (including phenoxy) is 1. The molecule has 1 heterocycles. The molecule has 0 aliphatic rings. The number of amides is 1. The predicted molar refractivity (Wildman–Crippen MR) is 91.9 cm³/mol. The van der Waals surface area contributed by atoms with Crippen molar-refractivity contribution in [3.05, 3.63) is 53.3 Å². The average Bonchev–Trinajstić information content (AvgIpc) is 2.54. The maximum Gasteiger partial charge on any atom is 0.259 e. The maximum absolute atomic E-state index is 11.5. The highest BCUT2D eigenvalue weighted by atomic mass is 35.5. The van der Waals surface area contributed by atoms with E-state index < -0.39 is 0 Å². The molecule has 0 bridgehead atoms. The van der Waals surface area contributed by atoms with Crippen molar-refractivity contribution in [3.63, 3.8) is 0 Å². The number of likely N-dealkylation sites (N-methyl/N-ethyl adjacent to an activating group) is 1. The monoisotopic (exact) mass is 333 g/mol. The number of carbonyl (C=O) groups is 1. The largest absolute Gasteiger partial charge is 0.482 e. The van der Waals surface area contributed by atoms with Crippen LogP contribution in [0.15, 0.2) is 42.7 Å². The molecule has 0 spiro atoms. The van der Waals surface area contributed by atoms with Gasteiger partial charge in [-0.25, -0.2) is 0 Å². The Morgan fingerprint density at radius 2 is 2.00 bits per heavy atom. The lowest BCUT2D eigenvalue weighted by molar-refractivity contribution is -0.130. The number of pyridine rings is 1. The average molecular weight is 334 g/mol. The number of hydrogen-bond acceptors (Lipinski definition) is 4. The molecular formula is C17H20ClN3O2. The summed E-state index contributed by atoms with van der Waals surface area (Å²) in [7, 11) is 3.36. The predicted octanol–water partition coefficient (Wildman–Crippen LogP) is 3.38. The number of nitrogens with one attached hydrogen (secondary N) is 1. The molecule has 0 unspecified atom stereocenters. The van der Waals surface area contributed by atoms with Gasteiger partial charge >= 0.3 is 0 Å². The number of halogens is 1. The van der Waals surface area contributed by atoms with E-state index in [1.807, 2.05) is 18.2 Å². The van der Waals surface area contributed by atoms with Gasteiger partial charge in [0.15, 0.2) is 6.61 Å². The Balaban J connectivity index is 2.00. The molecule has 2 aromatic rings. The minimum absolute atomic E-state index is 0.0348. The summed E-state index contributed by atoms with van der Waals surface area (Å²) in [6.07, 6.45) is 3.53. The lowest BCUT2D eigenvalue weighted by atomic mass is 10.1. The van der Waals surface area contributed by atoms with Gasteiger partial charge in [-0.05, 0) is 42.8 Å². The van der Waals surface area contributed by atoms with E-state index in [1.54, 1.807) is 38.6 Å². The summed E-state index contributed by atoms with van der Waals surface area (Å²) in [4.78, 5) is 17.0. The van der Waals surface area contributed by atoms with Crippen molar-refractivity contribution >= 4 is 23.2 Å². The van der Waals surface area contributed by atoms with Gasteiger partial charge in [0, 0.05) is 38.2 Å². The van der Waals surface area contributed by atoms with E-state index in [-0.39, 0.29) is 18.6 Å². The summed E-state index contributed by atoms with van der Waals surface area (Å²) in [6.45, 7) is 2.02. The minimum Gasteiger partial charge on any atom is -0.482 e. The summed E-state index contributed by atoms with van der Waals surface area (Å²) < 4.78 is 5.45. The van der Waals surface area contributed by atoms with Crippen molar-refractivity contribution < 1.29 is 9.53 Å². The van der Waals surface area contributed by atoms with Crippen LogP contribution in [0.5, 0.6) is 5.75 Å². The summed E-state index contributed by atoms with van der Waals surface area (Å²) in [5.74, 6) is 0.374. The van der Waals surface area contributed by atoms with Crippen LogP contribution in [0.2, 0.25) is 5.02 Å². The van der Waals surface area contributed by atoms with Gasteiger partial charge in [0.05, 0.1) is 5.02 Å².